The molecule has 2 heterocycles. The molecule has 0 spiro atoms. The quantitative estimate of drug-likeness (QED) is 0.276. The molecular formula is C21H19Br2N3O3S2. The van der Waals surface area contributed by atoms with E-state index in [2.05, 4.69) is 47.2 Å². The van der Waals surface area contributed by atoms with E-state index in [1.807, 2.05) is 18.2 Å². The zero-order chi connectivity index (χ0) is 21.8. The first-order chi connectivity index (χ1) is 15.0. The lowest BCUT2D eigenvalue weighted by Crippen LogP contribution is -2.32. The summed E-state index contributed by atoms with van der Waals surface area (Å²) in [6.07, 6.45) is 3.97. The van der Waals surface area contributed by atoms with Crippen molar-refractivity contribution >= 4 is 83.0 Å². The fraction of sp³-hybridized carbons (Fsp3) is 0.286. The lowest BCUT2D eigenvalue weighted by molar-refractivity contribution is -0.119. The van der Waals surface area contributed by atoms with Gasteiger partial charge in [0.15, 0.2) is 4.34 Å². The predicted molar refractivity (Wildman–Crippen MR) is 133 cm³/mol. The normalized spacial score (nSPS) is 16.4. The van der Waals surface area contributed by atoms with Crippen molar-refractivity contribution in [2.24, 2.45) is 4.99 Å². The maximum Gasteiger partial charge on any atom is 0.230 e. The molecule has 1 aliphatic rings. The topological polar surface area (TPSA) is 83.8 Å². The number of phenols is 1. The third kappa shape index (κ3) is 6.07. The fourth-order valence-corrected chi connectivity index (χ4v) is 6.21. The number of nitrogens with zero attached hydrogens (tertiary/aromatic N) is 2. The Hall–Kier alpha value is -1.46. The molecule has 1 saturated heterocycles. The molecular weight excluding hydrogens is 566 g/mol. The highest BCUT2D eigenvalue weighted by Gasteiger charge is 2.16. The zero-order valence-electron chi connectivity index (χ0n) is 16.3. The minimum Gasteiger partial charge on any atom is -0.506 e. The molecule has 1 fully saturated rings. The van der Waals surface area contributed by atoms with E-state index in [0.29, 0.717) is 21.2 Å². The van der Waals surface area contributed by atoms with Gasteiger partial charge in [-0.15, -0.1) is 11.3 Å². The van der Waals surface area contributed by atoms with Crippen molar-refractivity contribution in [2.75, 3.05) is 18.9 Å². The number of aliphatic imine (C=N–C) groups is 1. The van der Waals surface area contributed by atoms with Crippen LogP contribution in [0.25, 0.3) is 10.2 Å². The van der Waals surface area contributed by atoms with E-state index in [-0.39, 0.29) is 17.8 Å². The Morgan fingerprint density at radius 2 is 2.16 bits per heavy atom. The second kappa shape index (κ2) is 10.4. The van der Waals surface area contributed by atoms with E-state index in [1.165, 1.54) is 11.8 Å². The Morgan fingerprint density at radius 3 is 2.90 bits per heavy atom. The van der Waals surface area contributed by atoms with Crippen LogP contribution < -0.4 is 5.32 Å². The number of benzene rings is 2. The highest BCUT2D eigenvalue weighted by Crippen LogP contribution is 2.34. The molecule has 1 amide bonds. The monoisotopic (exact) mass is 583 g/mol. The highest BCUT2D eigenvalue weighted by atomic mass is 79.9. The number of aromatic nitrogens is 1. The summed E-state index contributed by atoms with van der Waals surface area (Å²) in [4.78, 5) is 21.2. The van der Waals surface area contributed by atoms with Crippen LogP contribution in [0.3, 0.4) is 0 Å². The van der Waals surface area contributed by atoms with Crippen LogP contribution in [0.4, 0.5) is 5.69 Å². The van der Waals surface area contributed by atoms with E-state index in [0.717, 1.165) is 45.3 Å². The molecule has 2 aromatic carbocycles. The van der Waals surface area contributed by atoms with Crippen molar-refractivity contribution in [3.8, 4) is 5.75 Å². The molecule has 162 valence electrons. The summed E-state index contributed by atoms with van der Waals surface area (Å²) in [5.41, 5.74) is 2.55. The second-order valence-electron chi connectivity index (χ2n) is 6.95. The standard InChI is InChI=1S/C21H19Br2N3O3S2/c22-15-6-12(7-16(23)20(15)28)9-24-13-3-4-17-18(8-13)31-21(26-17)30-11-19(27)25-10-14-2-1-5-29-14/h3-4,6-9,14,28H,1-2,5,10-11H2,(H,25,27)/t14-/m1/s1. The number of nitrogens with one attached hydrogen (secondary N) is 1. The Morgan fingerprint density at radius 1 is 1.35 bits per heavy atom. The minimum atomic E-state index is -0.00346. The number of phenolic OH excluding ortho intramolecular Hbond substituents is 1. The molecule has 1 aromatic heterocycles. The average molecular weight is 585 g/mol. The Kier molecular flexibility index (Phi) is 7.65. The summed E-state index contributed by atoms with van der Waals surface area (Å²) < 4.78 is 8.60. The van der Waals surface area contributed by atoms with Crippen LogP contribution >= 0.6 is 55.0 Å². The summed E-state index contributed by atoms with van der Waals surface area (Å²) in [5, 5.41) is 12.7. The van der Waals surface area contributed by atoms with Gasteiger partial charge >= 0.3 is 0 Å². The van der Waals surface area contributed by atoms with E-state index in [4.69, 9.17) is 4.74 Å². The van der Waals surface area contributed by atoms with Crippen LogP contribution in [0.1, 0.15) is 18.4 Å². The van der Waals surface area contributed by atoms with Gasteiger partial charge in [-0.25, -0.2) is 4.98 Å². The lowest BCUT2D eigenvalue weighted by atomic mass is 10.2. The highest BCUT2D eigenvalue weighted by molar-refractivity contribution is 9.11. The number of hydrogen-bond donors (Lipinski definition) is 2. The number of ether oxygens (including phenoxy) is 1. The van der Waals surface area contributed by atoms with Gasteiger partial charge in [0.25, 0.3) is 0 Å². The van der Waals surface area contributed by atoms with Crippen LogP contribution in [-0.2, 0) is 9.53 Å². The minimum absolute atomic E-state index is 0.00346. The van der Waals surface area contributed by atoms with Gasteiger partial charge in [0.2, 0.25) is 5.91 Å². The van der Waals surface area contributed by atoms with Gasteiger partial charge in [0.1, 0.15) is 5.75 Å². The van der Waals surface area contributed by atoms with Gasteiger partial charge in [-0.1, -0.05) is 11.8 Å². The van der Waals surface area contributed by atoms with Gasteiger partial charge in [0.05, 0.1) is 36.7 Å². The van der Waals surface area contributed by atoms with Gasteiger partial charge in [-0.3, -0.25) is 9.79 Å². The van der Waals surface area contributed by atoms with E-state index in [1.54, 1.807) is 29.7 Å². The number of carbonyl (C=O) groups excluding carboxylic acids is 1. The first-order valence-electron chi connectivity index (χ1n) is 9.62. The number of aromatic hydroxyl groups is 1. The van der Waals surface area contributed by atoms with Gasteiger partial charge in [-0.05, 0) is 80.6 Å². The number of thioether (sulfide) groups is 1. The number of thiazole rings is 1. The molecule has 31 heavy (non-hydrogen) atoms. The first kappa shape index (κ1) is 22.7. The van der Waals surface area contributed by atoms with E-state index < -0.39 is 0 Å². The van der Waals surface area contributed by atoms with E-state index >= 15 is 0 Å². The molecule has 6 nitrogen and oxygen atoms in total. The molecule has 1 aliphatic heterocycles. The molecule has 3 aromatic rings. The molecule has 4 rings (SSSR count). The SMILES string of the molecule is O=C(CSc1nc2ccc(N=Cc3cc(Br)c(O)c(Br)c3)cc2s1)NC[C@H]1CCCO1. The van der Waals surface area contributed by atoms with Gasteiger partial charge in [-0.2, -0.15) is 0 Å². The molecule has 10 heteroatoms. The zero-order valence-corrected chi connectivity index (χ0v) is 21.1. The van der Waals surface area contributed by atoms with Crippen molar-refractivity contribution in [2.45, 2.75) is 23.3 Å². The van der Waals surface area contributed by atoms with Gasteiger partial charge < -0.3 is 15.2 Å². The summed E-state index contributed by atoms with van der Waals surface area (Å²) in [6, 6.07) is 9.42. The van der Waals surface area contributed by atoms with Crippen molar-refractivity contribution in [3.05, 3.63) is 44.8 Å². The van der Waals surface area contributed by atoms with Crippen molar-refractivity contribution in [1.29, 1.82) is 0 Å². The third-order valence-electron chi connectivity index (χ3n) is 4.63. The number of rotatable bonds is 7. The number of fused-ring (bicyclic) bond motifs is 1. The summed E-state index contributed by atoms with van der Waals surface area (Å²) in [5.74, 6) is 0.493. The first-order valence-corrected chi connectivity index (χ1v) is 13.0. The maximum atomic E-state index is 12.1. The Labute approximate surface area is 204 Å². The largest absolute Gasteiger partial charge is 0.506 e. The van der Waals surface area contributed by atoms with Crippen LogP contribution in [-0.4, -0.2) is 47.2 Å². The van der Waals surface area contributed by atoms with Crippen molar-refractivity contribution < 1.29 is 14.6 Å². The predicted octanol–water partition coefficient (Wildman–Crippen LogP) is 5.66. The molecule has 0 radical (unpaired) electrons. The van der Waals surface area contributed by atoms with Crippen molar-refractivity contribution in [3.63, 3.8) is 0 Å². The van der Waals surface area contributed by atoms with Gasteiger partial charge in [0, 0.05) is 19.4 Å². The summed E-state index contributed by atoms with van der Waals surface area (Å²) >= 11 is 9.64. The van der Waals surface area contributed by atoms with Crippen LogP contribution in [0.5, 0.6) is 5.75 Å². The number of halogens is 2. The summed E-state index contributed by atoms with van der Waals surface area (Å²) in [6.45, 7) is 1.37. The lowest BCUT2D eigenvalue weighted by Gasteiger charge is -2.09. The molecule has 0 unspecified atom stereocenters. The van der Waals surface area contributed by atoms with Crippen LogP contribution in [0, 0.1) is 0 Å². The molecule has 1 atom stereocenters. The Balaban J connectivity index is 1.37. The van der Waals surface area contributed by atoms with Crippen LogP contribution in [0.2, 0.25) is 0 Å². The number of carbonyl (C=O) groups is 1. The summed E-state index contributed by atoms with van der Waals surface area (Å²) in [7, 11) is 0. The molecule has 0 bridgehead atoms. The number of amides is 1. The number of hydrogen-bond acceptors (Lipinski definition) is 7. The fourth-order valence-electron chi connectivity index (χ4n) is 3.05. The Bertz CT molecular complexity index is 1110. The smallest absolute Gasteiger partial charge is 0.230 e. The van der Waals surface area contributed by atoms with E-state index in [9.17, 15) is 9.90 Å². The van der Waals surface area contributed by atoms with Crippen LogP contribution in [0.15, 0.2) is 48.6 Å². The molecule has 2 N–H and O–H groups in total. The van der Waals surface area contributed by atoms with Crippen molar-refractivity contribution in [1.82, 2.24) is 10.3 Å². The molecule has 0 aliphatic carbocycles. The third-order valence-corrected chi connectivity index (χ3v) is 8.00. The molecule has 0 saturated carbocycles. The average Bonchev–Trinajstić information content (AvgIpc) is 3.42. The maximum absolute atomic E-state index is 12.1. The second-order valence-corrected chi connectivity index (χ2v) is 10.9.